The molecule has 0 bridgehead atoms. The van der Waals surface area contributed by atoms with Crippen LogP contribution in [0.5, 0.6) is 0 Å². The zero-order chi connectivity index (χ0) is 23.7. The highest BCUT2D eigenvalue weighted by atomic mass is 35.5. The molecule has 0 unspecified atom stereocenters. The molecule has 3 N–H and O–H groups in total. The number of hydrogen-bond acceptors (Lipinski definition) is 4. The maximum Gasteiger partial charge on any atom is 0.257 e. The van der Waals surface area contributed by atoms with Gasteiger partial charge in [-0.15, -0.1) is 0 Å². The minimum atomic E-state index is -0.700. The summed E-state index contributed by atoms with van der Waals surface area (Å²) in [5.41, 5.74) is 8.89. The summed E-state index contributed by atoms with van der Waals surface area (Å²) in [5.74, 6) is -0.599. The fourth-order valence-corrected chi connectivity index (χ4v) is 4.13. The van der Waals surface area contributed by atoms with E-state index in [2.05, 4.69) is 15.4 Å². The van der Waals surface area contributed by atoms with Crippen molar-refractivity contribution < 1.29 is 9.59 Å². The van der Waals surface area contributed by atoms with Crippen molar-refractivity contribution in [3.05, 3.63) is 87.7 Å². The maximum absolute atomic E-state index is 13.3. The summed E-state index contributed by atoms with van der Waals surface area (Å²) >= 11 is 13.1. The molecule has 7 nitrogen and oxygen atoms in total. The Morgan fingerprint density at radius 1 is 1.03 bits per heavy atom. The van der Waals surface area contributed by atoms with Gasteiger partial charge in [0.25, 0.3) is 5.91 Å². The number of rotatable bonds is 5. The molecule has 0 aliphatic heterocycles. The second-order valence-corrected chi connectivity index (χ2v) is 8.16. The number of aromatic nitrogens is 3. The molecular formula is C24H19Cl2N5O2. The van der Waals surface area contributed by atoms with Crippen LogP contribution in [0.4, 0.5) is 5.82 Å². The molecule has 2 heterocycles. The lowest BCUT2D eigenvalue weighted by Crippen LogP contribution is -2.18. The number of pyridine rings is 1. The number of anilines is 1. The van der Waals surface area contributed by atoms with Gasteiger partial charge in [-0.2, -0.15) is 5.10 Å². The van der Waals surface area contributed by atoms with Crippen molar-refractivity contribution in [2.75, 3.05) is 5.32 Å². The number of nitrogens with two attached hydrogens (primary N) is 1. The summed E-state index contributed by atoms with van der Waals surface area (Å²) in [7, 11) is 1.73. The molecule has 0 aliphatic rings. The standard InChI is InChI=1S/C24H19Cl2N5O2/c1-13-11-20(31(2)30-13)29-24(33)15-7-8-16(23(27)32)22(26)21(15)14-6-9-18(25)17(12-14)19-5-3-4-10-28-19/h3-12H,1-2H3,(H2,27,32)(H,29,33). The number of nitrogens with zero attached hydrogens (tertiary/aromatic N) is 3. The number of benzene rings is 2. The number of halogens is 2. The Labute approximate surface area is 200 Å². The van der Waals surface area contributed by atoms with E-state index in [1.807, 2.05) is 19.1 Å². The minimum absolute atomic E-state index is 0.0747. The average molecular weight is 480 g/mol. The lowest BCUT2D eigenvalue weighted by Gasteiger charge is -2.16. The zero-order valence-electron chi connectivity index (χ0n) is 17.8. The monoisotopic (exact) mass is 479 g/mol. The quantitative estimate of drug-likeness (QED) is 0.414. The van der Waals surface area contributed by atoms with Gasteiger partial charge in [-0.25, -0.2) is 0 Å². The lowest BCUT2D eigenvalue weighted by atomic mass is 9.94. The molecule has 2 amide bonds. The van der Waals surface area contributed by atoms with E-state index in [1.54, 1.807) is 48.3 Å². The van der Waals surface area contributed by atoms with Gasteiger partial charge in [0.15, 0.2) is 0 Å². The first kappa shape index (κ1) is 22.5. The third-order valence-electron chi connectivity index (χ3n) is 5.09. The first-order chi connectivity index (χ1) is 15.8. The Balaban J connectivity index is 1.88. The average Bonchev–Trinajstić information content (AvgIpc) is 3.10. The summed E-state index contributed by atoms with van der Waals surface area (Å²) in [6.07, 6.45) is 1.66. The predicted molar refractivity (Wildman–Crippen MR) is 130 cm³/mol. The summed E-state index contributed by atoms with van der Waals surface area (Å²) in [6.45, 7) is 1.83. The van der Waals surface area contributed by atoms with Crippen molar-refractivity contribution in [2.45, 2.75) is 6.92 Å². The summed E-state index contributed by atoms with van der Waals surface area (Å²) in [5, 5.41) is 7.64. The van der Waals surface area contributed by atoms with Gasteiger partial charge in [0.2, 0.25) is 5.91 Å². The number of nitrogens with one attached hydrogen (secondary N) is 1. The zero-order valence-corrected chi connectivity index (χ0v) is 19.3. The minimum Gasteiger partial charge on any atom is -0.366 e. The third-order valence-corrected chi connectivity index (χ3v) is 5.81. The fourth-order valence-electron chi connectivity index (χ4n) is 3.55. The van der Waals surface area contributed by atoms with E-state index in [1.165, 1.54) is 12.1 Å². The highest BCUT2D eigenvalue weighted by Crippen LogP contribution is 2.38. The molecule has 0 atom stereocenters. The number of primary amides is 1. The molecule has 0 fully saturated rings. The van der Waals surface area contributed by atoms with Gasteiger partial charge in [0.05, 0.1) is 22.0 Å². The lowest BCUT2D eigenvalue weighted by molar-refractivity contribution is 0.0995. The van der Waals surface area contributed by atoms with E-state index in [-0.39, 0.29) is 16.1 Å². The highest BCUT2D eigenvalue weighted by Gasteiger charge is 2.22. The predicted octanol–water partition coefficient (Wildman–Crippen LogP) is 5.12. The van der Waals surface area contributed by atoms with E-state index in [9.17, 15) is 9.59 Å². The van der Waals surface area contributed by atoms with Crippen molar-refractivity contribution in [2.24, 2.45) is 12.8 Å². The molecular weight excluding hydrogens is 461 g/mol. The van der Waals surface area contributed by atoms with E-state index in [0.717, 1.165) is 5.69 Å². The van der Waals surface area contributed by atoms with Gasteiger partial charge in [0.1, 0.15) is 5.82 Å². The Hall–Kier alpha value is -3.68. The first-order valence-electron chi connectivity index (χ1n) is 9.92. The number of amides is 2. The van der Waals surface area contributed by atoms with Gasteiger partial charge < -0.3 is 11.1 Å². The largest absolute Gasteiger partial charge is 0.366 e. The van der Waals surface area contributed by atoms with Gasteiger partial charge in [-0.3, -0.25) is 19.3 Å². The first-order valence-corrected chi connectivity index (χ1v) is 10.7. The SMILES string of the molecule is Cc1cc(NC(=O)c2ccc(C(N)=O)c(Cl)c2-c2ccc(Cl)c(-c3ccccn3)c2)n(C)n1. The van der Waals surface area contributed by atoms with Crippen LogP contribution in [0.15, 0.2) is 60.8 Å². The molecule has 0 aliphatic carbocycles. The van der Waals surface area contributed by atoms with Crippen LogP contribution in [0.25, 0.3) is 22.4 Å². The topological polar surface area (TPSA) is 103 Å². The summed E-state index contributed by atoms with van der Waals surface area (Å²) < 4.78 is 1.56. The summed E-state index contributed by atoms with van der Waals surface area (Å²) in [4.78, 5) is 29.6. The fraction of sp³-hybridized carbons (Fsp3) is 0.0833. The van der Waals surface area contributed by atoms with E-state index in [0.29, 0.717) is 33.2 Å². The van der Waals surface area contributed by atoms with Crippen molar-refractivity contribution in [3.8, 4) is 22.4 Å². The molecule has 0 radical (unpaired) electrons. The van der Waals surface area contributed by atoms with Crippen molar-refractivity contribution in [1.29, 1.82) is 0 Å². The van der Waals surface area contributed by atoms with Crippen LogP contribution < -0.4 is 11.1 Å². The second-order valence-electron chi connectivity index (χ2n) is 7.37. The molecule has 33 heavy (non-hydrogen) atoms. The molecule has 4 rings (SSSR count). The maximum atomic E-state index is 13.3. The Bertz CT molecular complexity index is 1380. The van der Waals surface area contributed by atoms with Crippen LogP contribution in [-0.2, 0) is 7.05 Å². The van der Waals surface area contributed by atoms with Crippen LogP contribution in [0.1, 0.15) is 26.4 Å². The van der Waals surface area contributed by atoms with Gasteiger partial charge in [0, 0.05) is 41.0 Å². The van der Waals surface area contributed by atoms with Crippen LogP contribution in [0.3, 0.4) is 0 Å². The smallest absolute Gasteiger partial charge is 0.257 e. The molecule has 4 aromatic rings. The number of hydrogen-bond donors (Lipinski definition) is 2. The van der Waals surface area contributed by atoms with Crippen molar-refractivity contribution in [3.63, 3.8) is 0 Å². The summed E-state index contributed by atoms with van der Waals surface area (Å²) in [6, 6.07) is 15.4. The molecule has 0 saturated carbocycles. The normalized spacial score (nSPS) is 10.8. The number of carbonyl (C=O) groups is 2. The van der Waals surface area contributed by atoms with Crippen LogP contribution >= 0.6 is 23.2 Å². The van der Waals surface area contributed by atoms with Gasteiger partial charge in [-0.05, 0) is 48.9 Å². The molecule has 166 valence electrons. The molecule has 2 aromatic heterocycles. The van der Waals surface area contributed by atoms with Crippen molar-refractivity contribution >= 4 is 40.8 Å². The van der Waals surface area contributed by atoms with E-state index < -0.39 is 11.8 Å². The second kappa shape index (κ2) is 9.05. The molecule has 2 aromatic carbocycles. The number of carbonyl (C=O) groups excluding carboxylic acids is 2. The Morgan fingerprint density at radius 2 is 1.79 bits per heavy atom. The van der Waals surface area contributed by atoms with Crippen LogP contribution in [-0.4, -0.2) is 26.6 Å². The molecule has 0 saturated heterocycles. The third kappa shape index (κ3) is 4.46. The highest BCUT2D eigenvalue weighted by molar-refractivity contribution is 6.38. The van der Waals surface area contributed by atoms with Crippen LogP contribution in [0.2, 0.25) is 10.0 Å². The Kier molecular flexibility index (Phi) is 6.18. The molecule has 0 spiro atoms. The molecule has 9 heteroatoms. The van der Waals surface area contributed by atoms with Gasteiger partial charge in [-0.1, -0.05) is 35.3 Å². The van der Waals surface area contributed by atoms with E-state index in [4.69, 9.17) is 28.9 Å². The number of aryl methyl sites for hydroxylation is 2. The Morgan fingerprint density at radius 3 is 2.42 bits per heavy atom. The van der Waals surface area contributed by atoms with Crippen LogP contribution in [0, 0.1) is 6.92 Å². The van der Waals surface area contributed by atoms with E-state index >= 15 is 0 Å². The van der Waals surface area contributed by atoms with Gasteiger partial charge >= 0.3 is 0 Å². The van der Waals surface area contributed by atoms with Crippen molar-refractivity contribution in [1.82, 2.24) is 14.8 Å².